The SMILES string of the molecule is CCNC(=O)NC(=O)[C@H](C)Oc1ccccc1Br. The Morgan fingerprint density at radius 1 is 1.39 bits per heavy atom. The Labute approximate surface area is 114 Å². The third-order valence-electron chi connectivity index (χ3n) is 2.08. The average Bonchev–Trinajstić information content (AvgIpc) is 2.32. The highest BCUT2D eigenvalue weighted by Gasteiger charge is 2.17. The number of carbonyl (C=O) groups excluding carboxylic acids is 2. The number of urea groups is 1. The monoisotopic (exact) mass is 314 g/mol. The van der Waals surface area contributed by atoms with Gasteiger partial charge in [-0.3, -0.25) is 10.1 Å². The maximum Gasteiger partial charge on any atom is 0.321 e. The number of nitrogens with one attached hydrogen (secondary N) is 2. The van der Waals surface area contributed by atoms with Crippen LogP contribution in [-0.4, -0.2) is 24.6 Å². The second kappa shape index (κ2) is 7.00. The van der Waals surface area contributed by atoms with Crippen molar-refractivity contribution in [2.45, 2.75) is 20.0 Å². The standard InChI is InChI=1S/C12H15BrN2O3/c1-3-14-12(17)15-11(16)8(2)18-10-7-5-4-6-9(10)13/h4-8H,3H2,1-2H3,(H2,14,15,16,17)/t8-/m0/s1. The Balaban J connectivity index is 2.55. The van der Waals surface area contributed by atoms with Crippen LogP contribution in [0.5, 0.6) is 5.75 Å². The van der Waals surface area contributed by atoms with E-state index < -0.39 is 18.0 Å². The van der Waals surface area contributed by atoms with E-state index in [0.29, 0.717) is 12.3 Å². The van der Waals surface area contributed by atoms with E-state index in [1.54, 1.807) is 26.0 Å². The Morgan fingerprint density at radius 3 is 2.67 bits per heavy atom. The van der Waals surface area contributed by atoms with Crippen LogP contribution in [0.1, 0.15) is 13.8 Å². The number of halogens is 1. The minimum Gasteiger partial charge on any atom is -0.480 e. The van der Waals surface area contributed by atoms with Gasteiger partial charge in [0.25, 0.3) is 5.91 Å². The molecule has 5 nitrogen and oxygen atoms in total. The Bertz CT molecular complexity index is 437. The second-order valence-corrected chi connectivity index (χ2v) is 4.39. The van der Waals surface area contributed by atoms with E-state index in [9.17, 15) is 9.59 Å². The molecule has 0 bridgehead atoms. The largest absolute Gasteiger partial charge is 0.480 e. The molecular weight excluding hydrogens is 300 g/mol. The zero-order chi connectivity index (χ0) is 13.5. The summed E-state index contributed by atoms with van der Waals surface area (Å²) in [6, 6.07) is 6.67. The van der Waals surface area contributed by atoms with Gasteiger partial charge in [-0.25, -0.2) is 4.79 Å². The number of imide groups is 1. The molecule has 1 rings (SSSR count). The van der Waals surface area contributed by atoms with Crippen molar-refractivity contribution in [2.24, 2.45) is 0 Å². The molecule has 0 aliphatic rings. The minimum atomic E-state index is -0.758. The van der Waals surface area contributed by atoms with Gasteiger partial charge >= 0.3 is 6.03 Å². The van der Waals surface area contributed by atoms with Crippen LogP contribution in [0, 0.1) is 0 Å². The summed E-state index contributed by atoms with van der Waals surface area (Å²) in [5.41, 5.74) is 0. The molecule has 1 atom stereocenters. The van der Waals surface area contributed by atoms with Crippen molar-refractivity contribution in [1.29, 1.82) is 0 Å². The Kier molecular flexibility index (Phi) is 5.64. The van der Waals surface area contributed by atoms with Crippen molar-refractivity contribution < 1.29 is 14.3 Å². The number of para-hydroxylation sites is 1. The first-order valence-corrected chi connectivity index (χ1v) is 6.33. The summed E-state index contributed by atoms with van der Waals surface area (Å²) >= 11 is 3.31. The smallest absolute Gasteiger partial charge is 0.321 e. The van der Waals surface area contributed by atoms with Gasteiger partial charge in [0, 0.05) is 6.54 Å². The zero-order valence-electron chi connectivity index (χ0n) is 10.2. The van der Waals surface area contributed by atoms with E-state index in [1.807, 2.05) is 12.1 Å². The van der Waals surface area contributed by atoms with Crippen LogP contribution in [0.3, 0.4) is 0 Å². The van der Waals surface area contributed by atoms with E-state index in [-0.39, 0.29) is 0 Å². The molecule has 98 valence electrons. The number of rotatable bonds is 4. The molecule has 0 heterocycles. The second-order valence-electron chi connectivity index (χ2n) is 3.54. The predicted molar refractivity (Wildman–Crippen MR) is 71.4 cm³/mol. The van der Waals surface area contributed by atoms with Crippen molar-refractivity contribution in [3.63, 3.8) is 0 Å². The number of carbonyl (C=O) groups is 2. The fourth-order valence-electron chi connectivity index (χ4n) is 1.20. The lowest BCUT2D eigenvalue weighted by molar-refractivity contribution is -0.126. The van der Waals surface area contributed by atoms with Crippen LogP contribution in [0.15, 0.2) is 28.7 Å². The third kappa shape index (κ3) is 4.37. The van der Waals surface area contributed by atoms with Gasteiger partial charge in [-0.1, -0.05) is 12.1 Å². The summed E-state index contributed by atoms with van der Waals surface area (Å²) in [7, 11) is 0. The van der Waals surface area contributed by atoms with Crippen molar-refractivity contribution in [1.82, 2.24) is 10.6 Å². The lowest BCUT2D eigenvalue weighted by Crippen LogP contribution is -2.45. The highest BCUT2D eigenvalue weighted by Crippen LogP contribution is 2.24. The fraction of sp³-hybridized carbons (Fsp3) is 0.333. The first-order valence-electron chi connectivity index (χ1n) is 5.54. The summed E-state index contributed by atoms with van der Waals surface area (Å²) in [5, 5.41) is 4.66. The van der Waals surface area contributed by atoms with Crippen molar-refractivity contribution >= 4 is 27.9 Å². The molecule has 0 aliphatic carbocycles. The van der Waals surface area contributed by atoms with Crippen LogP contribution in [0.25, 0.3) is 0 Å². The maximum absolute atomic E-state index is 11.6. The van der Waals surface area contributed by atoms with Crippen molar-refractivity contribution in [2.75, 3.05) is 6.54 Å². The van der Waals surface area contributed by atoms with Crippen molar-refractivity contribution in [3.05, 3.63) is 28.7 Å². The molecule has 0 aromatic heterocycles. The number of amides is 3. The van der Waals surface area contributed by atoms with Gasteiger partial charge in [-0.05, 0) is 41.9 Å². The first kappa shape index (κ1) is 14.5. The molecule has 0 unspecified atom stereocenters. The quantitative estimate of drug-likeness (QED) is 0.894. The van der Waals surface area contributed by atoms with E-state index in [2.05, 4.69) is 26.6 Å². The first-order chi connectivity index (χ1) is 8.54. The molecule has 0 aliphatic heterocycles. The lowest BCUT2D eigenvalue weighted by Gasteiger charge is -2.15. The number of hydrogen-bond acceptors (Lipinski definition) is 3. The highest BCUT2D eigenvalue weighted by molar-refractivity contribution is 9.10. The van der Waals surface area contributed by atoms with E-state index >= 15 is 0 Å². The summed E-state index contributed by atoms with van der Waals surface area (Å²) in [5.74, 6) is 0.0627. The Morgan fingerprint density at radius 2 is 2.06 bits per heavy atom. The molecule has 3 amide bonds. The van der Waals surface area contributed by atoms with Crippen molar-refractivity contribution in [3.8, 4) is 5.75 Å². The average molecular weight is 315 g/mol. The van der Waals surface area contributed by atoms with Crippen LogP contribution in [0.2, 0.25) is 0 Å². The minimum absolute atomic E-state index is 0.457. The normalized spacial score (nSPS) is 11.5. The van der Waals surface area contributed by atoms with Gasteiger partial charge in [0.05, 0.1) is 4.47 Å². The molecule has 1 aromatic carbocycles. The molecule has 1 aromatic rings. The van der Waals surface area contributed by atoms with Crippen LogP contribution in [0.4, 0.5) is 4.79 Å². The molecule has 2 N–H and O–H groups in total. The molecule has 0 saturated heterocycles. The van der Waals surface area contributed by atoms with Crippen LogP contribution < -0.4 is 15.4 Å². The van der Waals surface area contributed by atoms with Gasteiger partial charge in [0.15, 0.2) is 6.10 Å². The lowest BCUT2D eigenvalue weighted by atomic mass is 10.3. The van der Waals surface area contributed by atoms with E-state index in [0.717, 1.165) is 4.47 Å². The molecule has 18 heavy (non-hydrogen) atoms. The summed E-state index contributed by atoms with van der Waals surface area (Å²) in [6.07, 6.45) is -0.758. The van der Waals surface area contributed by atoms with Crippen LogP contribution >= 0.6 is 15.9 Å². The summed E-state index contributed by atoms with van der Waals surface area (Å²) in [6.45, 7) is 3.80. The maximum atomic E-state index is 11.6. The van der Waals surface area contributed by atoms with Gasteiger partial charge < -0.3 is 10.1 Å². The summed E-state index contributed by atoms with van der Waals surface area (Å²) in [4.78, 5) is 22.8. The van der Waals surface area contributed by atoms with E-state index in [1.165, 1.54) is 0 Å². The van der Waals surface area contributed by atoms with Gasteiger partial charge in [-0.2, -0.15) is 0 Å². The fourth-order valence-corrected chi connectivity index (χ4v) is 1.58. The third-order valence-corrected chi connectivity index (χ3v) is 2.74. The molecule has 0 fully saturated rings. The molecule has 0 spiro atoms. The van der Waals surface area contributed by atoms with Crippen LogP contribution in [-0.2, 0) is 4.79 Å². The number of hydrogen-bond donors (Lipinski definition) is 2. The molecule has 0 saturated carbocycles. The Hall–Kier alpha value is -1.56. The van der Waals surface area contributed by atoms with Gasteiger partial charge in [0.1, 0.15) is 5.75 Å². The predicted octanol–water partition coefficient (Wildman–Crippen LogP) is 2.06. The highest BCUT2D eigenvalue weighted by atomic mass is 79.9. The molecular formula is C12H15BrN2O3. The van der Waals surface area contributed by atoms with Gasteiger partial charge in [0.2, 0.25) is 0 Å². The molecule has 6 heteroatoms. The topological polar surface area (TPSA) is 67.4 Å². The summed E-state index contributed by atoms with van der Waals surface area (Å²) < 4.78 is 6.20. The zero-order valence-corrected chi connectivity index (χ0v) is 11.8. The van der Waals surface area contributed by atoms with E-state index in [4.69, 9.17) is 4.74 Å². The van der Waals surface area contributed by atoms with Gasteiger partial charge in [-0.15, -0.1) is 0 Å². The number of ether oxygens (including phenoxy) is 1. The molecule has 0 radical (unpaired) electrons. The number of benzene rings is 1.